The molecule has 0 atom stereocenters. The first-order chi connectivity index (χ1) is 17.4. The standard InChI is InChI=1S/C26H36F6N2O4/c1-6-11-17-15-19(24(37,25(27,28)29)26(30,31)32)16-18(12-7-2)20(17)38-14-10-8-9-13-34-21(35)23(3,4)33(5)22(34)36/h15-16,37H,6-14H2,1-5H3. The number of nitrogens with zero attached hydrogens (tertiary/aromatic N) is 2. The van der Waals surface area contributed by atoms with E-state index < -0.39 is 29.1 Å². The highest BCUT2D eigenvalue weighted by atomic mass is 19.4. The van der Waals surface area contributed by atoms with Gasteiger partial charge in [0.05, 0.1) is 6.61 Å². The lowest BCUT2D eigenvalue weighted by molar-refractivity contribution is -0.376. The van der Waals surface area contributed by atoms with Crippen LogP contribution in [0.15, 0.2) is 12.1 Å². The molecule has 1 N–H and O–H groups in total. The van der Waals surface area contributed by atoms with E-state index in [2.05, 4.69) is 0 Å². The molecular weight excluding hydrogens is 518 g/mol. The molecule has 1 aliphatic heterocycles. The molecule has 3 amide bonds. The topological polar surface area (TPSA) is 70.1 Å². The van der Waals surface area contributed by atoms with Crippen molar-refractivity contribution in [3.05, 3.63) is 28.8 Å². The fraction of sp³-hybridized carbons (Fsp3) is 0.692. The lowest BCUT2D eigenvalue weighted by Crippen LogP contribution is -2.54. The Balaban J connectivity index is 2.18. The number of aliphatic hydroxyl groups is 1. The number of carbonyl (C=O) groups excluding carboxylic acids is 2. The van der Waals surface area contributed by atoms with E-state index in [0.29, 0.717) is 32.1 Å². The van der Waals surface area contributed by atoms with Crippen LogP contribution in [-0.2, 0) is 23.2 Å². The Morgan fingerprint density at radius 3 is 1.79 bits per heavy atom. The smallest absolute Gasteiger partial charge is 0.430 e. The van der Waals surface area contributed by atoms with E-state index in [1.54, 1.807) is 34.7 Å². The molecule has 1 heterocycles. The van der Waals surface area contributed by atoms with Crippen LogP contribution in [0, 0.1) is 0 Å². The molecule has 1 aromatic rings. The van der Waals surface area contributed by atoms with Crippen LogP contribution in [0.3, 0.4) is 0 Å². The number of ether oxygens (including phenoxy) is 1. The summed E-state index contributed by atoms with van der Waals surface area (Å²) >= 11 is 0. The normalized spacial score (nSPS) is 16.5. The second kappa shape index (κ2) is 11.7. The van der Waals surface area contributed by atoms with Crippen molar-refractivity contribution in [2.75, 3.05) is 20.2 Å². The van der Waals surface area contributed by atoms with Crippen molar-refractivity contribution in [3.63, 3.8) is 0 Å². The maximum Gasteiger partial charge on any atom is 0.430 e. The summed E-state index contributed by atoms with van der Waals surface area (Å²) in [6.45, 7) is 7.17. The van der Waals surface area contributed by atoms with Gasteiger partial charge in [-0.25, -0.2) is 4.79 Å². The number of alkyl halides is 6. The average molecular weight is 555 g/mol. The lowest BCUT2D eigenvalue weighted by Gasteiger charge is -2.33. The van der Waals surface area contributed by atoms with Crippen LogP contribution in [0.2, 0.25) is 0 Å². The molecule has 1 fully saturated rings. The first-order valence-corrected chi connectivity index (χ1v) is 12.7. The zero-order chi connectivity index (χ0) is 29.1. The average Bonchev–Trinajstić information content (AvgIpc) is 2.95. The summed E-state index contributed by atoms with van der Waals surface area (Å²) in [7, 11) is 1.56. The van der Waals surface area contributed by atoms with E-state index >= 15 is 0 Å². The number of hydrogen-bond acceptors (Lipinski definition) is 4. The highest BCUT2D eigenvalue weighted by Crippen LogP contribution is 2.51. The molecule has 38 heavy (non-hydrogen) atoms. The van der Waals surface area contributed by atoms with Gasteiger partial charge < -0.3 is 14.7 Å². The third-order valence-electron chi connectivity index (χ3n) is 6.92. The zero-order valence-electron chi connectivity index (χ0n) is 22.4. The van der Waals surface area contributed by atoms with Crippen molar-refractivity contribution in [2.24, 2.45) is 0 Å². The van der Waals surface area contributed by atoms with Crippen molar-refractivity contribution in [1.82, 2.24) is 9.80 Å². The number of rotatable bonds is 12. The third kappa shape index (κ3) is 6.05. The quantitative estimate of drug-likeness (QED) is 0.192. The van der Waals surface area contributed by atoms with E-state index in [-0.39, 0.29) is 54.8 Å². The number of aryl methyl sites for hydroxylation is 2. The highest BCUT2D eigenvalue weighted by Gasteiger charge is 2.71. The van der Waals surface area contributed by atoms with Gasteiger partial charge in [0.25, 0.3) is 11.5 Å². The number of amides is 3. The van der Waals surface area contributed by atoms with Crippen molar-refractivity contribution in [1.29, 1.82) is 0 Å². The minimum Gasteiger partial charge on any atom is -0.493 e. The molecular formula is C26H36F6N2O4. The van der Waals surface area contributed by atoms with Crippen LogP contribution in [0.25, 0.3) is 0 Å². The second-order valence-electron chi connectivity index (χ2n) is 10.1. The fourth-order valence-corrected chi connectivity index (χ4v) is 4.45. The van der Waals surface area contributed by atoms with Crippen molar-refractivity contribution < 1.29 is 45.8 Å². The van der Waals surface area contributed by atoms with Crippen LogP contribution in [-0.4, -0.2) is 64.9 Å². The molecule has 0 bridgehead atoms. The summed E-state index contributed by atoms with van der Waals surface area (Å²) in [4.78, 5) is 27.3. The maximum absolute atomic E-state index is 13.5. The van der Waals surface area contributed by atoms with Gasteiger partial charge in [-0.15, -0.1) is 0 Å². The predicted octanol–water partition coefficient (Wildman–Crippen LogP) is 6.13. The number of benzene rings is 1. The van der Waals surface area contributed by atoms with Gasteiger partial charge >= 0.3 is 18.4 Å². The van der Waals surface area contributed by atoms with Crippen molar-refractivity contribution >= 4 is 11.9 Å². The van der Waals surface area contributed by atoms with E-state index in [0.717, 1.165) is 12.1 Å². The predicted molar refractivity (Wildman–Crippen MR) is 129 cm³/mol. The van der Waals surface area contributed by atoms with E-state index in [9.17, 15) is 41.0 Å². The molecule has 0 aliphatic carbocycles. The summed E-state index contributed by atoms with van der Waals surface area (Å²) in [5.74, 6) is -0.0511. The van der Waals surface area contributed by atoms with Crippen molar-refractivity contribution in [3.8, 4) is 5.75 Å². The largest absolute Gasteiger partial charge is 0.493 e. The van der Waals surface area contributed by atoms with Crippen molar-refractivity contribution in [2.45, 2.75) is 96.1 Å². The SMILES string of the molecule is CCCc1cc(C(O)(C(F)(F)F)C(F)(F)F)cc(CCC)c1OCCCCCN1C(=O)N(C)C(C)(C)C1=O. The molecule has 216 valence electrons. The Morgan fingerprint density at radius 2 is 1.39 bits per heavy atom. The van der Waals surface area contributed by atoms with Gasteiger partial charge in [0.1, 0.15) is 11.3 Å². The molecule has 0 unspecified atom stereocenters. The summed E-state index contributed by atoms with van der Waals surface area (Å²) in [5, 5.41) is 9.94. The molecule has 0 saturated carbocycles. The van der Waals surface area contributed by atoms with Crippen LogP contribution in [0.4, 0.5) is 31.1 Å². The van der Waals surface area contributed by atoms with Gasteiger partial charge in [0.15, 0.2) is 0 Å². The number of unbranched alkanes of at least 4 members (excludes halogenated alkanes) is 2. The third-order valence-corrected chi connectivity index (χ3v) is 6.92. The molecule has 6 nitrogen and oxygen atoms in total. The highest BCUT2D eigenvalue weighted by molar-refractivity contribution is 6.06. The first kappa shape index (κ1) is 31.7. The summed E-state index contributed by atoms with van der Waals surface area (Å²) < 4.78 is 87.0. The zero-order valence-corrected chi connectivity index (χ0v) is 22.4. The van der Waals surface area contributed by atoms with Crippen LogP contribution in [0.5, 0.6) is 5.75 Å². The summed E-state index contributed by atoms with van der Waals surface area (Å²) in [6, 6.07) is 1.10. The van der Waals surface area contributed by atoms with Gasteiger partial charge in [0.2, 0.25) is 0 Å². The molecule has 0 spiro atoms. The molecule has 2 rings (SSSR count). The number of imide groups is 1. The molecule has 0 aromatic heterocycles. The second-order valence-corrected chi connectivity index (χ2v) is 10.1. The number of halogens is 6. The Bertz CT molecular complexity index is 965. The van der Waals surface area contributed by atoms with Gasteiger partial charge in [0, 0.05) is 19.2 Å². The van der Waals surface area contributed by atoms with Gasteiger partial charge in [-0.05, 0) is 69.2 Å². The number of hydrogen-bond donors (Lipinski definition) is 1. The molecule has 1 aromatic carbocycles. The Kier molecular flexibility index (Phi) is 9.77. The van der Waals surface area contributed by atoms with Crippen LogP contribution >= 0.6 is 0 Å². The van der Waals surface area contributed by atoms with Gasteiger partial charge in [-0.3, -0.25) is 9.69 Å². The fourth-order valence-electron chi connectivity index (χ4n) is 4.45. The minimum absolute atomic E-state index is 0.142. The molecule has 12 heteroatoms. The van der Waals surface area contributed by atoms with E-state index in [1.165, 1.54) is 9.80 Å². The summed E-state index contributed by atoms with van der Waals surface area (Å²) in [5.41, 5.74) is -6.86. The number of likely N-dealkylation sites (N-methyl/N-ethyl adjacent to an activating group) is 1. The molecule has 0 radical (unpaired) electrons. The van der Waals surface area contributed by atoms with Crippen LogP contribution in [0.1, 0.15) is 76.5 Å². The summed E-state index contributed by atoms with van der Waals surface area (Å²) in [6.07, 6.45) is -9.17. The molecule has 1 aliphatic rings. The Labute approximate surface area is 218 Å². The van der Waals surface area contributed by atoms with Crippen LogP contribution < -0.4 is 4.74 Å². The minimum atomic E-state index is -5.97. The van der Waals surface area contributed by atoms with Gasteiger partial charge in [-0.2, -0.15) is 26.3 Å². The van der Waals surface area contributed by atoms with E-state index in [1.807, 2.05) is 0 Å². The van der Waals surface area contributed by atoms with E-state index in [4.69, 9.17) is 4.74 Å². The molecule has 1 saturated heterocycles. The number of urea groups is 1. The Hall–Kier alpha value is -2.50. The lowest BCUT2D eigenvalue weighted by atomic mass is 9.87. The first-order valence-electron chi connectivity index (χ1n) is 12.7. The maximum atomic E-state index is 13.5. The van der Waals surface area contributed by atoms with Gasteiger partial charge in [-0.1, -0.05) is 26.7 Å². The monoisotopic (exact) mass is 554 g/mol. The number of carbonyl (C=O) groups is 2. The Morgan fingerprint density at radius 1 is 0.895 bits per heavy atom.